The van der Waals surface area contributed by atoms with Crippen LogP contribution in [0.15, 0.2) is 41.4 Å². The van der Waals surface area contributed by atoms with Crippen molar-refractivity contribution < 1.29 is 9.13 Å². The van der Waals surface area contributed by atoms with E-state index in [1.807, 2.05) is 0 Å². The molecule has 4 heteroatoms. The van der Waals surface area contributed by atoms with E-state index in [0.29, 0.717) is 11.6 Å². The summed E-state index contributed by atoms with van der Waals surface area (Å²) in [5.74, 6) is 0.961. The van der Waals surface area contributed by atoms with E-state index in [1.165, 1.54) is 23.4 Å². The number of fused-ring (bicyclic) bond motifs is 1. The van der Waals surface area contributed by atoms with Gasteiger partial charge in [-0.2, -0.15) is 0 Å². The Morgan fingerprint density at radius 1 is 1.30 bits per heavy atom. The van der Waals surface area contributed by atoms with Crippen LogP contribution in [0.25, 0.3) is 0 Å². The number of anilines is 1. The first kappa shape index (κ1) is 19.4. The van der Waals surface area contributed by atoms with Crippen LogP contribution in [0, 0.1) is 5.82 Å². The topological polar surface area (TPSA) is 24.8 Å². The molecule has 1 aliphatic rings. The van der Waals surface area contributed by atoms with E-state index in [4.69, 9.17) is 4.74 Å². The summed E-state index contributed by atoms with van der Waals surface area (Å²) < 4.78 is 19.1. The van der Waals surface area contributed by atoms with Crippen molar-refractivity contribution in [2.45, 2.75) is 52.0 Å². The lowest BCUT2D eigenvalue weighted by molar-refractivity contribution is 0.372. The van der Waals surface area contributed by atoms with Gasteiger partial charge in [0.15, 0.2) is 0 Å². The molecule has 0 aliphatic carbocycles. The zero-order valence-corrected chi connectivity index (χ0v) is 16.9. The Labute approximate surface area is 161 Å². The van der Waals surface area contributed by atoms with Crippen molar-refractivity contribution in [2.24, 2.45) is 4.99 Å². The number of hydrogen-bond acceptors (Lipinski definition) is 3. The Balaban J connectivity index is 2.04. The van der Waals surface area contributed by atoms with Crippen LogP contribution in [0.4, 0.5) is 15.8 Å². The van der Waals surface area contributed by atoms with E-state index in [2.05, 4.69) is 49.7 Å². The van der Waals surface area contributed by atoms with Gasteiger partial charge in [-0.25, -0.2) is 4.39 Å². The van der Waals surface area contributed by atoms with E-state index in [-0.39, 0.29) is 11.4 Å². The molecule has 0 N–H and O–H groups in total. The predicted molar refractivity (Wildman–Crippen MR) is 111 cm³/mol. The molecule has 0 saturated carbocycles. The zero-order chi connectivity index (χ0) is 19.6. The average molecular weight is 368 g/mol. The molecule has 1 atom stereocenters. The maximum Gasteiger partial charge on any atom is 0.129 e. The molecule has 3 nitrogen and oxygen atoms in total. The second kappa shape index (κ2) is 7.71. The minimum Gasteiger partial charge on any atom is -0.496 e. The summed E-state index contributed by atoms with van der Waals surface area (Å²) in [6, 6.07) is 10.6. The van der Waals surface area contributed by atoms with Gasteiger partial charge in [0, 0.05) is 35.6 Å². The molecule has 0 aromatic heterocycles. The van der Waals surface area contributed by atoms with Crippen LogP contribution in [0.3, 0.4) is 0 Å². The van der Waals surface area contributed by atoms with Crippen LogP contribution in [0.2, 0.25) is 0 Å². The molecule has 2 aromatic carbocycles. The highest BCUT2D eigenvalue weighted by Gasteiger charge is 2.36. The maximum absolute atomic E-state index is 13.4. The largest absolute Gasteiger partial charge is 0.496 e. The number of benzene rings is 2. The number of ether oxygens (including phenoxy) is 1. The highest BCUT2D eigenvalue weighted by atomic mass is 19.1. The first-order valence-electron chi connectivity index (χ1n) is 9.65. The van der Waals surface area contributed by atoms with Crippen molar-refractivity contribution in [3.63, 3.8) is 0 Å². The summed E-state index contributed by atoms with van der Waals surface area (Å²) in [6.45, 7) is 10.1. The van der Waals surface area contributed by atoms with Gasteiger partial charge < -0.3 is 9.64 Å². The van der Waals surface area contributed by atoms with Crippen LogP contribution in [0.5, 0.6) is 5.75 Å². The molecule has 3 rings (SSSR count). The summed E-state index contributed by atoms with van der Waals surface area (Å²) in [7, 11) is 1.68. The lowest BCUT2D eigenvalue weighted by Gasteiger charge is -2.47. The molecule has 0 spiro atoms. The summed E-state index contributed by atoms with van der Waals surface area (Å²) in [5.41, 5.74) is 4.20. The van der Waals surface area contributed by atoms with Crippen molar-refractivity contribution in [1.29, 1.82) is 0 Å². The highest BCUT2D eigenvalue weighted by molar-refractivity contribution is 5.87. The normalized spacial score (nSPS) is 18.6. The number of nitrogens with zero attached hydrogens (tertiary/aromatic N) is 2. The van der Waals surface area contributed by atoms with Gasteiger partial charge in [-0.3, -0.25) is 4.99 Å². The lowest BCUT2D eigenvalue weighted by atomic mass is 9.79. The summed E-state index contributed by atoms with van der Waals surface area (Å²) >= 11 is 0. The van der Waals surface area contributed by atoms with Crippen LogP contribution < -0.4 is 9.64 Å². The van der Waals surface area contributed by atoms with E-state index in [1.54, 1.807) is 25.5 Å². The lowest BCUT2D eigenvalue weighted by Crippen LogP contribution is -2.48. The SMILES string of the molecule is CCCN1c2cc(OC)c(C=Nc3cccc(F)c3)cc2C(C)CC1(C)C. The fraction of sp³-hybridized carbons (Fsp3) is 0.435. The van der Waals surface area contributed by atoms with Gasteiger partial charge in [-0.15, -0.1) is 0 Å². The first-order chi connectivity index (χ1) is 12.9. The quantitative estimate of drug-likeness (QED) is 0.597. The Morgan fingerprint density at radius 3 is 2.74 bits per heavy atom. The van der Waals surface area contributed by atoms with Crippen LogP contribution >= 0.6 is 0 Å². The number of rotatable bonds is 5. The Hall–Kier alpha value is -2.36. The number of aliphatic imine (C=N–C) groups is 1. The molecule has 1 aliphatic heterocycles. The fourth-order valence-electron chi connectivity index (χ4n) is 4.15. The minimum absolute atomic E-state index is 0.116. The molecule has 0 radical (unpaired) electrons. The smallest absolute Gasteiger partial charge is 0.129 e. The van der Waals surface area contributed by atoms with Crippen molar-refractivity contribution in [3.8, 4) is 5.75 Å². The molecule has 2 aromatic rings. The Morgan fingerprint density at radius 2 is 2.07 bits per heavy atom. The monoisotopic (exact) mass is 368 g/mol. The second-order valence-electron chi connectivity index (χ2n) is 7.96. The van der Waals surface area contributed by atoms with Crippen LogP contribution in [0.1, 0.15) is 57.6 Å². The maximum atomic E-state index is 13.4. The summed E-state index contributed by atoms with van der Waals surface area (Å²) in [6.07, 6.45) is 3.97. The molecule has 0 bridgehead atoms. The minimum atomic E-state index is -0.284. The van der Waals surface area contributed by atoms with Gasteiger partial charge in [0.1, 0.15) is 11.6 Å². The van der Waals surface area contributed by atoms with E-state index < -0.39 is 0 Å². The number of halogens is 1. The van der Waals surface area contributed by atoms with Crippen molar-refractivity contribution in [3.05, 3.63) is 53.3 Å². The third kappa shape index (κ3) is 4.00. The van der Waals surface area contributed by atoms with Gasteiger partial charge in [-0.05, 0) is 62.4 Å². The fourth-order valence-corrected chi connectivity index (χ4v) is 4.15. The van der Waals surface area contributed by atoms with Gasteiger partial charge in [0.05, 0.1) is 12.8 Å². The van der Waals surface area contributed by atoms with E-state index in [9.17, 15) is 4.39 Å². The summed E-state index contributed by atoms with van der Waals surface area (Å²) in [5, 5.41) is 0. The van der Waals surface area contributed by atoms with Gasteiger partial charge in [0.25, 0.3) is 0 Å². The van der Waals surface area contributed by atoms with Gasteiger partial charge >= 0.3 is 0 Å². The van der Waals surface area contributed by atoms with Gasteiger partial charge in [0.2, 0.25) is 0 Å². The average Bonchev–Trinajstić information content (AvgIpc) is 2.62. The molecule has 0 fully saturated rings. The second-order valence-corrected chi connectivity index (χ2v) is 7.96. The third-order valence-electron chi connectivity index (χ3n) is 5.35. The zero-order valence-electron chi connectivity index (χ0n) is 16.9. The molecule has 27 heavy (non-hydrogen) atoms. The standard InChI is InChI=1S/C23H29FN2O/c1-6-10-26-21-13-22(27-5)17(11-20(21)16(2)14-23(26,3)4)15-25-19-9-7-8-18(24)12-19/h7-9,11-13,15-16H,6,10,14H2,1-5H3. The Bertz CT molecular complexity index is 844. The molecular weight excluding hydrogens is 339 g/mol. The Kier molecular flexibility index (Phi) is 5.54. The predicted octanol–water partition coefficient (Wildman–Crippen LogP) is 6.09. The molecule has 1 unspecified atom stereocenters. The van der Waals surface area contributed by atoms with E-state index in [0.717, 1.165) is 30.7 Å². The van der Waals surface area contributed by atoms with Gasteiger partial charge in [-0.1, -0.05) is 19.9 Å². The molecular formula is C23H29FN2O. The molecule has 0 saturated heterocycles. The van der Waals surface area contributed by atoms with E-state index >= 15 is 0 Å². The van der Waals surface area contributed by atoms with Crippen molar-refractivity contribution in [2.75, 3.05) is 18.6 Å². The molecule has 0 amide bonds. The number of hydrogen-bond donors (Lipinski definition) is 0. The number of methoxy groups -OCH3 is 1. The van der Waals surface area contributed by atoms with Crippen LogP contribution in [-0.2, 0) is 0 Å². The summed E-state index contributed by atoms with van der Waals surface area (Å²) in [4.78, 5) is 6.94. The van der Waals surface area contributed by atoms with Crippen LogP contribution in [-0.4, -0.2) is 25.4 Å². The molecule has 144 valence electrons. The third-order valence-corrected chi connectivity index (χ3v) is 5.35. The van der Waals surface area contributed by atoms with Crippen molar-refractivity contribution in [1.82, 2.24) is 0 Å². The van der Waals surface area contributed by atoms with Crippen molar-refractivity contribution >= 4 is 17.6 Å². The molecule has 1 heterocycles. The first-order valence-corrected chi connectivity index (χ1v) is 9.65. The highest BCUT2D eigenvalue weighted by Crippen LogP contribution is 2.45.